The van der Waals surface area contributed by atoms with Gasteiger partial charge in [0, 0.05) is 20.1 Å². The maximum absolute atomic E-state index is 5.50. The number of nitrogens with zero attached hydrogens (tertiary/aromatic N) is 2. The Bertz CT molecular complexity index is 534. The average Bonchev–Trinajstić information content (AvgIpc) is 3.15. The summed E-state index contributed by atoms with van der Waals surface area (Å²) in [6.07, 6.45) is 1.70. The zero-order chi connectivity index (χ0) is 15.1. The van der Waals surface area contributed by atoms with Crippen molar-refractivity contribution >= 4 is 17.3 Å². The first-order valence-corrected chi connectivity index (χ1v) is 7.80. The van der Waals surface area contributed by atoms with Crippen LogP contribution in [0.25, 0.3) is 0 Å². The monoisotopic (exact) mass is 306 g/mol. The largest absolute Gasteiger partial charge is 0.468 e. The van der Waals surface area contributed by atoms with Gasteiger partial charge in [0.1, 0.15) is 5.76 Å². The van der Waals surface area contributed by atoms with Crippen molar-refractivity contribution in [3.8, 4) is 0 Å². The number of thiophene rings is 1. The Balaban J connectivity index is 1.86. The summed E-state index contributed by atoms with van der Waals surface area (Å²) in [5.74, 6) is 1.74. The fourth-order valence-corrected chi connectivity index (χ4v) is 2.68. The van der Waals surface area contributed by atoms with Crippen LogP contribution >= 0.6 is 11.3 Å². The van der Waals surface area contributed by atoms with E-state index in [-0.39, 0.29) is 6.04 Å². The first-order chi connectivity index (χ1) is 10.2. The van der Waals surface area contributed by atoms with Gasteiger partial charge in [-0.05, 0) is 48.6 Å². The number of rotatable bonds is 6. The van der Waals surface area contributed by atoms with E-state index in [2.05, 4.69) is 37.4 Å². The quantitative estimate of drug-likeness (QED) is 0.635. The van der Waals surface area contributed by atoms with Crippen molar-refractivity contribution in [1.29, 1.82) is 0 Å². The normalized spacial score (nSPS) is 13.4. The Morgan fingerprint density at radius 3 is 2.81 bits per heavy atom. The van der Waals surface area contributed by atoms with E-state index in [0.717, 1.165) is 24.8 Å². The van der Waals surface area contributed by atoms with Crippen LogP contribution in [-0.4, -0.2) is 38.5 Å². The van der Waals surface area contributed by atoms with Crippen LogP contribution in [0.15, 0.2) is 44.6 Å². The van der Waals surface area contributed by atoms with Gasteiger partial charge in [-0.25, -0.2) is 0 Å². The molecule has 0 fully saturated rings. The molecule has 0 amide bonds. The van der Waals surface area contributed by atoms with Crippen molar-refractivity contribution in [3.63, 3.8) is 0 Å². The summed E-state index contributed by atoms with van der Waals surface area (Å²) in [4.78, 5) is 6.37. The average molecular weight is 306 g/mol. The van der Waals surface area contributed by atoms with Gasteiger partial charge in [-0.15, -0.1) is 0 Å². The smallest absolute Gasteiger partial charge is 0.191 e. The minimum atomic E-state index is 0.166. The summed E-state index contributed by atoms with van der Waals surface area (Å²) >= 11 is 1.70. The third-order valence-corrected chi connectivity index (χ3v) is 3.95. The molecule has 2 aromatic heterocycles. The standard InChI is InChI=1S/C15H22N4OS/c1-16-15(17-9-12-6-8-21-11-12)18-10-13(19(2)3)14-5-4-7-20-14/h4-8,11,13H,9-10H2,1-3H3,(H2,16,17,18). The summed E-state index contributed by atoms with van der Waals surface area (Å²) < 4.78 is 5.50. The van der Waals surface area contributed by atoms with E-state index < -0.39 is 0 Å². The highest BCUT2D eigenvalue weighted by Gasteiger charge is 2.17. The molecule has 0 aliphatic carbocycles. The first-order valence-electron chi connectivity index (χ1n) is 6.86. The highest BCUT2D eigenvalue weighted by atomic mass is 32.1. The lowest BCUT2D eigenvalue weighted by molar-refractivity contribution is 0.258. The summed E-state index contributed by atoms with van der Waals surface area (Å²) in [5.41, 5.74) is 1.26. The van der Waals surface area contributed by atoms with Crippen LogP contribution in [0.4, 0.5) is 0 Å². The highest BCUT2D eigenvalue weighted by Crippen LogP contribution is 2.17. The molecule has 0 aliphatic rings. The van der Waals surface area contributed by atoms with Crippen LogP contribution < -0.4 is 10.6 Å². The number of likely N-dealkylation sites (N-methyl/N-ethyl adjacent to an activating group) is 1. The number of aliphatic imine (C=N–C) groups is 1. The van der Waals surface area contributed by atoms with E-state index in [0.29, 0.717) is 0 Å². The van der Waals surface area contributed by atoms with Crippen molar-refractivity contribution in [2.24, 2.45) is 4.99 Å². The molecular formula is C15H22N4OS. The van der Waals surface area contributed by atoms with Gasteiger partial charge in [0.15, 0.2) is 5.96 Å². The van der Waals surface area contributed by atoms with Crippen molar-refractivity contribution in [1.82, 2.24) is 15.5 Å². The lowest BCUT2D eigenvalue weighted by Crippen LogP contribution is -2.41. The molecule has 0 aromatic carbocycles. The van der Waals surface area contributed by atoms with Gasteiger partial charge in [0.05, 0.1) is 12.3 Å². The van der Waals surface area contributed by atoms with Crippen molar-refractivity contribution < 1.29 is 4.42 Å². The van der Waals surface area contributed by atoms with Gasteiger partial charge in [-0.1, -0.05) is 0 Å². The summed E-state index contributed by atoms with van der Waals surface area (Å²) in [5, 5.41) is 10.9. The lowest BCUT2D eigenvalue weighted by Gasteiger charge is -2.23. The molecule has 0 bridgehead atoms. The predicted molar refractivity (Wildman–Crippen MR) is 87.7 cm³/mol. The molecule has 114 valence electrons. The molecule has 1 atom stereocenters. The van der Waals surface area contributed by atoms with Gasteiger partial charge in [-0.3, -0.25) is 9.89 Å². The highest BCUT2D eigenvalue weighted by molar-refractivity contribution is 7.07. The Morgan fingerprint density at radius 2 is 2.24 bits per heavy atom. The second-order valence-corrected chi connectivity index (χ2v) is 5.71. The SMILES string of the molecule is CN=C(NCc1ccsc1)NCC(c1ccco1)N(C)C. The van der Waals surface area contributed by atoms with Gasteiger partial charge in [-0.2, -0.15) is 11.3 Å². The molecule has 2 aromatic rings. The number of hydrogen-bond donors (Lipinski definition) is 2. The van der Waals surface area contributed by atoms with E-state index in [4.69, 9.17) is 4.42 Å². The fourth-order valence-electron chi connectivity index (χ4n) is 2.01. The number of nitrogens with one attached hydrogen (secondary N) is 2. The Kier molecular flexibility index (Phi) is 5.83. The molecule has 0 spiro atoms. The summed E-state index contributed by atoms with van der Waals surface area (Å²) in [6, 6.07) is 6.18. The Labute approximate surface area is 129 Å². The van der Waals surface area contributed by atoms with Crippen molar-refractivity contribution in [3.05, 3.63) is 46.5 Å². The molecule has 0 saturated carbocycles. The van der Waals surface area contributed by atoms with E-state index in [9.17, 15) is 0 Å². The van der Waals surface area contributed by atoms with Crippen LogP contribution in [0.1, 0.15) is 17.4 Å². The summed E-state index contributed by atoms with van der Waals surface area (Å²) in [7, 11) is 5.85. The zero-order valence-electron chi connectivity index (χ0n) is 12.7. The van der Waals surface area contributed by atoms with E-state index in [1.807, 2.05) is 26.2 Å². The molecule has 21 heavy (non-hydrogen) atoms. The third-order valence-electron chi connectivity index (χ3n) is 3.22. The maximum atomic E-state index is 5.50. The number of furan rings is 1. The predicted octanol–water partition coefficient (Wildman–Crippen LogP) is 2.31. The Morgan fingerprint density at radius 1 is 1.38 bits per heavy atom. The van der Waals surface area contributed by atoms with Gasteiger partial charge in [0.25, 0.3) is 0 Å². The molecule has 6 heteroatoms. The van der Waals surface area contributed by atoms with Crippen molar-refractivity contribution in [2.75, 3.05) is 27.7 Å². The zero-order valence-corrected chi connectivity index (χ0v) is 13.5. The Hall–Kier alpha value is -1.79. The van der Waals surface area contributed by atoms with Gasteiger partial charge in [0.2, 0.25) is 0 Å². The van der Waals surface area contributed by atoms with Crippen LogP contribution in [0, 0.1) is 0 Å². The molecule has 2 heterocycles. The summed E-state index contributed by atoms with van der Waals surface area (Å²) in [6.45, 7) is 1.50. The van der Waals surface area contributed by atoms with E-state index >= 15 is 0 Å². The minimum absolute atomic E-state index is 0.166. The third kappa shape index (κ3) is 4.61. The van der Waals surface area contributed by atoms with Crippen LogP contribution in [0.3, 0.4) is 0 Å². The molecule has 5 nitrogen and oxygen atoms in total. The fraction of sp³-hybridized carbons (Fsp3) is 0.400. The van der Waals surface area contributed by atoms with E-state index in [1.54, 1.807) is 24.6 Å². The second kappa shape index (κ2) is 7.85. The molecular weight excluding hydrogens is 284 g/mol. The topological polar surface area (TPSA) is 52.8 Å². The van der Waals surface area contributed by atoms with Crippen LogP contribution in [-0.2, 0) is 6.54 Å². The number of hydrogen-bond acceptors (Lipinski definition) is 4. The molecule has 2 rings (SSSR count). The first kappa shape index (κ1) is 15.6. The van der Waals surface area contributed by atoms with Crippen LogP contribution in [0.2, 0.25) is 0 Å². The van der Waals surface area contributed by atoms with E-state index in [1.165, 1.54) is 5.56 Å². The van der Waals surface area contributed by atoms with Crippen molar-refractivity contribution in [2.45, 2.75) is 12.6 Å². The molecule has 0 saturated heterocycles. The molecule has 1 unspecified atom stereocenters. The lowest BCUT2D eigenvalue weighted by atomic mass is 10.2. The molecule has 2 N–H and O–H groups in total. The molecule has 0 radical (unpaired) electrons. The van der Waals surface area contributed by atoms with Gasteiger partial charge >= 0.3 is 0 Å². The van der Waals surface area contributed by atoms with Gasteiger partial charge < -0.3 is 15.1 Å². The second-order valence-electron chi connectivity index (χ2n) is 4.93. The van der Waals surface area contributed by atoms with Crippen LogP contribution in [0.5, 0.6) is 0 Å². The number of guanidine groups is 1. The minimum Gasteiger partial charge on any atom is -0.468 e. The molecule has 0 aliphatic heterocycles. The maximum Gasteiger partial charge on any atom is 0.191 e.